The first-order valence-electron chi connectivity index (χ1n) is 10.0. The quantitative estimate of drug-likeness (QED) is 0.350. The topological polar surface area (TPSA) is 84.0 Å². The van der Waals surface area contributed by atoms with E-state index in [0.29, 0.717) is 39.7 Å². The number of rotatable bonds is 4. The molecule has 0 bridgehead atoms. The summed E-state index contributed by atoms with van der Waals surface area (Å²) in [6.45, 7) is 0. The number of allylic oxidation sites excluding steroid dienone is 1. The monoisotopic (exact) mass is 429 g/mol. The Morgan fingerprint density at radius 1 is 1.00 bits per heavy atom. The number of ether oxygens (including phenoxy) is 4. The summed E-state index contributed by atoms with van der Waals surface area (Å²) >= 11 is 0. The van der Waals surface area contributed by atoms with E-state index in [2.05, 4.69) is 4.98 Å². The second-order valence-corrected chi connectivity index (χ2v) is 7.39. The third kappa shape index (κ3) is 3.19. The van der Waals surface area contributed by atoms with E-state index in [1.165, 1.54) is 7.11 Å². The van der Waals surface area contributed by atoms with Crippen LogP contribution in [0, 0.1) is 0 Å². The van der Waals surface area contributed by atoms with Crippen LogP contribution in [-0.2, 0) is 4.79 Å². The lowest BCUT2D eigenvalue weighted by atomic mass is 9.85. The molecule has 3 heterocycles. The number of methoxy groups -OCH3 is 2. The average molecular weight is 429 g/mol. The Balaban J connectivity index is 1.61. The minimum absolute atomic E-state index is 0.147. The van der Waals surface area contributed by atoms with Gasteiger partial charge in [-0.05, 0) is 42.0 Å². The average Bonchev–Trinajstić information content (AvgIpc) is 3.14. The molecule has 160 valence electrons. The molecular weight excluding hydrogens is 410 g/mol. The van der Waals surface area contributed by atoms with Crippen molar-refractivity contribution in [3.8, 4) is 23.0 Å². The number of pyridine rings is 1. The van der Waals surface area contributed by atoms with Gasteiger partial charge in [0.1, 0.15) is 11.5 Å². The van der Waals surface area contributed by atoms with E-state index in [1.54, 1.807) is 49.8 Å². The highest BCUT2D eigenvalue weighted by atomic mass is 16.5. The number of ketones is 1. The summed E-state index contributed by atoms with van der Waals surface area (Å²) in [5.41, 5.74) is 2.65. The van der Waals surface area contributed by atoms with Gasteiger partial charge in [-0.15, -0.1) is 0 Å². The van der Waals surface area contributed by atoms with Crippen molar-refractivity contribution in [1.29, 1.82) is 0 Å². The van der Waals surface area contributed by atoms with Crippen LogP contribution in [0.1, 0.15) is 39.4 Å². The summed E-state index contributed by atoms with van der Waals surface area (Å²) in [6, 6.07) is 12.4. The Morgan fingerprint density at radius 3 is 2.56 bits per heavy atom. The predicted molar refractivity (Wildman–Crippen MR) is 115 cm³/mol. The van der Waals surface area contributed by atoms with Crippen LogP contribution in [0.15, 0.2) is 60.6 Å². The van der Waals surface area contributed by atoms with Gasteiger partial charge in [0.2, 0.25) is 5.78 Å². The molecule has 0 aliphatic carbocycles. The number of carbonyl (C=O) groups is 2. The highest BCUT2D eigenvalue weighted by Crippen LogP contribution is 2.49. The smallest absolute Gasteiger partial charge is 0.312 e. The summed E-state index contributed by atoms with van der Waals surface area (Å²) in [5.74, 6) is 1.13. The van der Waals surface area contributed by atoms with Gasteiger partial charge in [0.15, 0.2) is 17.3 Å². The number of esters is 1. The van der Waals surface area contributed by atoms with Crippen molar-refractivity contribution in [2.24, 2.45) is 0 Å². The van der Waals surface area contributed by atoms with Crippen LogP contribution in [-0.4, -0.2) is 31.0 Å². The van der Waals surface area contributed by atoms with Crippen LogP contribution in [0.2, 0.25) is 0 Å². The standard InChI is InChI=1S/C25H19NO6/c1-29-19-5-3-4-15(24(19)30-2)12-20-23(28)16-6-7-18-22(25(16)32-20)17(13-21(27)31-18)14-8-10-26-11-9-14/h3-12,17H,13H2,1-2H3/b20-12-/t17-/m1/s1. The fraction of sp³-hybridized carbons (Fsp3) is 0.160. The van der Waals surface area contributed by atoms with E-state index in [1.807, 2.05) is 18.2 Å². The zero-order chi connectivity index (χ0) is 22.2. The Labute approximate surface area is 184 Å². The van der Waals surface area contributed by atoms with Gasteiger partial charge < -0.3 is 18.9 Å². The van der Waals surface area contributed by atoms with E-state index >= 15 is 0 Å². The van der Waals surface area contributed by atoms with E-state index < -0.39 is 0 Å². The number of aromatic nitrogens is 1. The molecule has 0 unspecified atom stereocenters. The lowest BCUT2D eigenvalue weighted by Crippen LogP contribution is -2.21. The van der Waals surface area contributed by atoms with Gasteiger partial charge in [-0.1, -0.05) is 12.1 Å². The van der Waals surface area contributed by atoms with Gasteiger partial charge in [0.25, 0.3) is 0 Å². The van der Waals surface area contributed by atoms with Gasteiger partial charge in [-0.3, -0.25) is 14.6 Å². The van der Waals surface area contributed by atoms with Crippen LogP contribution in [0.4, 0.5) is 0 Å². The number of Topliss-reactive ketones (excluding diaryl/α,β-unsaturated/α-hetero) is 1. The Kier molecular flexibility index (Phi) is 4.86. The van der Waals surface area contributed by atoms with E-state index in [4.69, 9.17) is 18.9 Å². The minimum atomic E-state index is -0.333. The molecule has 0 spiro atoms. The molecule has 0 radical (unpaired) electrons. The second kappa shape index (κ2) is 7.85. The third-order valence-corrected chi connectivity index (χ3v) is 5.61. The molecule has 1 atom stereocenters. The SMILES string of the molecule is COc1cccc(/C=C2\Oc3c(ccc4c3[C@@H](c3ccncc3)CC(=O)O4)C2=O)c1OC. The lowest BCUT2D eigenvalue weighted by molar-refractivity contribution is -0.135. The molecule has 3 aromatic rings. The molecule has 2 aromatic carbocycles. The largest absolute Gasteiger partial charge is 0.493 e. The molecule has 7 heteroatoms. The minimum Gasteiger partial charge on any atom is -0.493 e. The van der Waals surface area contributed by atoms with Gasteiger partial charge in [-0.25, -0.2) is 0 Å². The van der Waals surface area contributed by atoms with Crippen molar-refractivity contribution in [1.82, 2.24) is 4.98 Å². The number of benzene rings is 2. The molecule has 2 aliphatic rings. The number of nitrogens with zero attached hydrogens (tertiary/aromatic N) is 1. The molecule has 0 saturated heterocycles. The first-order chi connectivity index (χ1) is 15.6. The van der Waals surface area contributed by atoms with Crippen molar-refractivity contribution < 1.29 is 28.5 Å². The van der Waals surface area contributed by atoms with Gasteiger partial charge >= 0.3 is 5.97 Å². The van der Waals surface area contributed by atoms with Crippen molar-refractivity contribution in [3.05, 3.63) is 82.9 Å². The fourth-order valence-corrected chi connectivity index (χ4v) is 4.15. The number of para-hydroxylation sites is 1. The second-order valence-electron chi connectivity index (χ2n) is 7.39. The van der Waals surface area contributed by atoms with Crippen LogP contribution < -0.4 is 18.9 Å². The number of hydrogen-bond donors (Lipinski definition) is 0. The summed E-state index contributed by atoms with van der Waals surface area (Å²) in [6.07, 6.45) is 5.12. The summed E-state index contributed by atoms with van der Waals surface area (Å²) in [4.78, 5) is 29.4. The van der Waals surface area contributed by atoms with E-state index in [9.17, 15) is 9.59 Å². The van der Waals surface area contributed by atoms with Crippen LogP contribution >= 0.6 is 0 Å². The summed E-state index contributed by atoms with van der Waals surface area (Å²) in [5, 5.41) is 0. The zero-order valence-electron chi connectivity index (χ0n) is 17.5. The third-order valence-electron chi connectivity index (χ3n) is 5.61. The maximum atomic E-state index is 13.2. The fourth-order valence-electron chi connectivity index (χ4n) is 4.15. The molecule has 0 fully saturated rings. The van der Waals surface area contributed by atoms with E-state index in [0.717, 1.165) is 5.56 Å². The first kappa shape index (κ1) is 19.8. The molecular formula is C25H19NO6. The first-order valence-corrected chi connectivity index (χ1v) is 10.0. The van der Waals surface area contributed by atoms with Crippen molar-refractivity contribution in [3.63, 3.8) is 0 Å². The molecule has 2 aliphatic heterocycles. The molecule has 0 N–H and O–H groups in total. The van der Waals surface area contributed by atoms with E-state index in [-0.39, 0.29) is 29.9 Å². The maximum Gasteiger partial charge on any atom is 0.312 e. The van der Waals surface area contributed by atoms with Crippen LogP contribution in [0.3, 0.4) is 0 Å². The molecule has 32 heavy (non-hydrogen) atoms. The van der Waals surface area contributed by atoms with Gasteiger partial charge in [0.05, 0.1) is 26.2 Å². The number of hydrogen-bond acceptors (Lipinski definition) is 7. The normalized spacial score (nSPS) is 17.9. The van der Waals surface area contributed by atoms with Crippen LogP contribution in [0.25, 0.3) is 6.08 Å². The summed E-state index contributed by atoms with van der Waals surface area (Å²) in [7, 11) is 3.09. The maximum absolute atomic E-state index is 13.2. The number of fused-ring (bicyclic) bond motifs is 3. The van der Waals surface area contributed by atoms with Gasteiger partial charge in [0, 0.05) is 29.4 Å². The number of carbonyl (C=O) groups excluding carboxylic acids is 2. The Morgan fingerprint density at radius 2 is 1.81 bits per heavy atom. The highest BCUT2D eigenvalue weighted by Gasteiger charge is 2.38. The van der Waals surface area contributed by atoms with Crippen LogP contribution in [0.5, 0.6) is 23.0 Å². The lowest BCUT2D eigenvalue weighted by Gasteiger charge is -2.26. The van der Waals surface area contributed by atoms with Crippen molar-refractivity contribution >= 4 is 17.8 Å². The molecule has 1 aromatic heterocycles. The highest BCUT2D eigenvalue weighted by molar-refractivity contribution is 6.15. The molecule has 5 rings (SSSR count). The molecule has 7 nitrogen and oxygen atoms in total. The van der Waals surface area contributed by atoms with Crippen molar-refractivity contribution in [2.45, 2.75) is 12.3 Å². The van der Waals surface area contributed by atoms with Crippen molar-refractivity contribution in [2.75, 3.05) is 14.2 Å². The Hall–Kier alpha value is -4.13. The summed E-state index contributed by atoms with van der Waals surface area (Å²) < 4.78 is 22.4. The Bertz CT molecular complexity index is 1260. The molecule has 0 amide bonds. The molecule has 0 saturated carbocycles. The zero-order valence-corrected chi connectivity index (χ0v) is 17.5. The predicted octanol–water partition coefficient (Wildman–Crippen LogP) is 4.16. The van der Waals surface area contributed by atoms with Gasteiger partial charge in [-0.2, -0.15) is 0 Å².